The number of carbonyl (C=O) groups is 1. The highest BCUT2D eigenvalue weighted by atomic mass is 16.5. The number of nitrogens with one attached hydrogen (secondary N) is 2. The van der Waals surface area contributed by atoms with E-state index in [4.69, 9.17) is 18.9 Å². The highest BCUT2D eigenvalue weighted by molar-refractivity contribution is 5.72. The summed E-state index contributed by atoms with van der Waals surface area (Å²) in [7, 11) is 4.45. The summed E-state index contributed by atoms with van der Waals surface area (Å²) in [5, 5.41) is 5.74. The number of aromatic amines is 2. The van der Waals surface area contributed by atoms with Gasteiger partial charge in [0.25, 0.3) is 5.56 Å². The summed E-state index contributed by atoms with van der Waals surface area (Å²) in [4.78, 5) is 25.4. The molecule has 3 aromatic rings. The fourth-order valence-corrected chi connectivity index (χ4v) is 4.66. The number of esters is 1. The molecule has 0 bridgehead atoms. The van der Waals surface area contributed by atoms with E-state index in [0.717, 1.165) is 29.7 Å². The predicted molar refractivity (Wildman–Crippen MR) is 132 cm³/mol. The second-order valence-electron chi connectivity index (χ2n) is 9.39. The van der Waals surface area contributed by atoms with E-state index in [1.807, 2.05) is 18.2 Å². The number of H-pyrrole nitrogens is 2. The average molecular weight is 481 g/mol. The first-order valence-electron chi connectivity index (χ1n) is 11.6. The molecule has 1 aromatic heterocycles. The third-order valence-corrected chi connectivity index (χ3v) is 6.55. The molecule has 2 N–H and O–H groups in total. The summed E-state index contributed by atoms with van der Waals surface area (Å²) >= 11 is 0. The molecule has 0 saturated heterocycles. The molecule has 2 aromatic carbocycles. The maximum atomic E-state index is 13.0. The molecule has 8 nitrogen and oxygen atoms in total. The quantitative estimate of drug-likeness (QED) is 0.471. The van der Waals surface area contributed by atoms with Gasteiger partial charge in [-0.3, -0.25) is 14.7 Å². The number of ether oxygens (including phenoxy) is 4. The van der Waals surface area contributed by atoms with Crippen molar-refractivity contribution in [1.29, 1.82) is 0 Å². The van der Waals surface area contributed by atoms with Crippen LogP contribution in [-0.4, -0.2) is 43.1 Å². The van der Waals surface area contributed by atoms with Crippen LogP contribution in [0.2, 0.25) is 0 Å². The van der Waals surface area contributed by atoms with Crippen LogP contribution in [0.1, 0.15) is 60.6 Å². The molecule has 4 rings (SSSR count). The molecule has 0 amide bonds. The van der Waals surface area contributed by atoms with Gasteiger partial charge in [-0.25, -0.2) is 0 Å². The lowest BCUT2D eigenvalue weighted by Gasteiger charge is -2.32. The number of benzene rings is 2. The SMILES string of the molecule is COC(=O)CC(c1ccc(OC)cc1OC)c1c(Cc2ccc3c(c2)CCC(C)(C)O3)[nH][nH]c1=O. The van der Waals surface area contributed by atoms with E-state index >= 15 is 0 Å². The zero-order chi connectivity index (χ0) is 25.2. The molecule has 8 heteroatoms. The van der Waals surface area contributed by atoms with Gasteiger partial charge in [0.1, 0.15) is 22.8 Å². The van der Waals surface area contributed by atoms with Gasteiger partial charge in [0.2, 0.25) is 0 Å². The van der Waals surface area contributed by atoms with Gasteiger partial charge in [0.15, 0.2) is 0 Å². The Labute approximate surface area is 204 Å². The molecule has 0 saturated carbocycles. The van der Waals surface area contributed by atoms with Crippen molar-refractivity contribution in [2.24, 2.45) is 0 Å². The number of hydrogen-bond acceptors (Lipinski definition) is 6. The van der Waals surface area contributed by atoms with Crippen molar-refractivity contribution in [3.8, 4) is 17.2 Å². The lowest BCUT2D eigenvalue weighted by Crippen LogP contribution is -2.32. The van der Waals surface area contributed by atoms with Crippen LogP contribution < -0.4 is 19.8 Å². The second kappa shape index (κ2) is 9.90. The molecule has 0 aliphatic carbocycles. The van der Waals surface area contributed by atoms with Crippen molar-refractivity contribution in [3.63, 3.8) is 0 Å². The average Bonchev–Trinajstić information content (AvgIpc) is 3.21. The minimum absolute atomic E-state index is 0.0137. The number of hydrogen-bond donors (Lipinski definition) is 2. The van der Waals surface area contributed by atoms with Gasteiger partial charge < -0.3 is 24.0 Å². The minimum Gasteiger partial charge on any atom is -0.497 e. The summed E-state index contributed by atoms with van der Waals surface area (Å²) in [5.41, 5.74) is 3.63. The third kappa shape index (κ3) is 5.21. The number of aryl methyl sites for hydroxylation is 1. The van der Waals surface area contributed by atoms with Crippen LogP contribution in [0.4, 0.5) is 0 Å². The van der Waals surface area contributed by atoms with Crippen LogP contribution in [0.5, 0.6) is 17.2 Å². The van der Waals surface area contributed by atoms with E-state index in [9.17, 15) is 9.59 Å². The second-order valence-corrected chi connectivity index (χ2v) is 9.39. The number of methoxy groups -OCH3 is 3. The van der Waals surface area contributed by atoms with E-state index in [-0.39, 0.29) is 17.6 Å². The van der Waals surface area contributed by atoms with Crippen LogP contribution in [0.25, 0.3) is 0 Å². The van der Waals surface area contributed by atoms with E-state index in [2.05, 4.69) is 30.1 Å². The molecule has 1 aliphatic rings. The monoisotopic (exact) mass is 480 g/mol. The standard InChI is InChI=1S/C27H32N2O6/c1-27(2)11-10-17-12-16(6-9-22(17)35-27)13-21-25(26(31)29-28-21)20(15-24(30)34-5)19-8-7-18(32-3)14-23(19)33-4/h6-9,12,14,20H,10-11,13,15H2,1-5H3,(H2,28,29,31). The highest BCUT2D eigenvalue weighted by Crippen LogP contribution is 2.38. The van der Waals surface area contributed by atoms with Gasteiger partial charge in [-0.05, 0) is 49.9 Å². The summed E-state index contributed by atoms with van der Waals surface area (Å²) in [5.74, 6) is 1.05. The first-order valence-corrected chi connectivity index (χ1v) is 11.6. The predicted octanol–water partition coefficient (Wildman–Crippen LogP) is 4.11. The van der Waals surface area contributed by atoms with Crippen LogP contribution in [-0.2, 0) is 22.4 Å². The number of rotatable bonds is 8. The maximum Gasteiger partial charge on any atom is 0.306 e. The first-order chi connectivity index (χ1) is 16.7. The van der Waals surface area contributed by atoms with Crippen LogP contribution in [0.15, 0.2) is 41.2 Å². The Morgan fingerprint density at radius 1 is 1.09 bits per heavy atom. The topological polar surface area (TPSA) is 103 Å². The van der Waals surface area contributed by atoms with Gasteiger partial charge in [-0.1, -0.05) is 18.2 Å². The first kappa shape index (κ1) is 24.4. The maximum absolute atomic E-state index is 13.0. The summed E-state index contributed by atoms with van der Waals surface area (Å²) in [6, 6.07) is 11.5. The number of fused-ring (bicyclic) bond motifs is 1. The van der Waals surface area contributed by atoms with Crippen molar-refractivity contribution in [3.05, 3.63) is 74.7 Å². The van der Waals surface area contributed by atoms with Gasteiger partial charge in [-0.15, -0.1) is 0 Å². The smallest absolute Gasteiger partial charge is 0.306 e. The summed E-state index contributed by atoms with van der Waals surface area (Å²) < 4.78 is 22.0. The van der Waals surface area contributed by atoms with E-state index < -0.39 is 11.9 Å². The molecular formula is C27H32N2O6. The molecule has 0 radical (unpaired) electrons. The molecule has 35 heavy (non-hydrogen) atoms. The molecule has 1 aliphatic heterocycles. The largest absolute Gasteiger partial charge is 0.497 e. The fourth-order valence-electron chi connectivity index (χ4n) is 4.66. The van der Waals surface area contributed by atoms with Crippen LogP contribution >= 0.6 is 0 Å². The Morgan fingerprint density at radius 3 is 2.60 bits per heavy atom. The molecule has 1 unspecified atom stereocenters. The number of aromatic nitrogens is 2. The van der Waals surface area contributed by atoms with Crippen molar-refractivity contribution < 1.29 is 23.7 Å². The van der Waals surface area contributed by atoms with E-state index in [1.165, 1.54) is 7.11 Å². The Bertz CT molecular complexity index is 1270. The summed E-state index contributed by atoms with van der Waals surface area (Å²) in [6.45, 7) is 4.19. The third-order valence-electron chi connectivity index (χ3n) is 6.55. The lowest BCUT2D eigenvalue weighted by molar-refractivity contribution is -0.140. The molecule has 186 valence electrons. The van der Waals surface area contributed by atoms with Crippen LogP contribution in [0, 0.1) is 0 Å². The van der Waals surface area contributed by atoms with Crippen molar-refractivity contribution in [2.75, 3.05) is 21.3 Å². The van der Waals surface area contributed by atoms with Gasteiger partial charge in [0.05, 0.1) is 27.8 Å². The molecule has 0 fully saturated rings. The van der Waals surface area contributed by atoms with Crippen molar-refractivity contribution >= 4 is 5.97 Å². The molecule has 1 atom stereocenters. The molecule has 0 spiro atoms. The number of carbonyl (C=O) groups excluding carboxylic acids is 1. The Morgan fingerprint density at radius 2 is 1.89 bits per heavy atom. The zero-order valence-corrected chi connectivity index (χ0v) is 20.8. The molecule has 2 heterocycles. The van der Waals surface area contributed by atoms with Gasteiger partial charge in [-0.2, -0.15) is 0 Å². The highest BCUT2D eigenvalue weighted by Gasteiger charge is 2.30. The fraction of sp³-hybridized carbons (Fsp3) is 0.407. The summed E-state index contributed by atoms with van der Waals surface area (Å²) in [6.07, 6.45) is 2.34. The lowest BCUT2D eigenvalue weighted by atomic mass is 9.86. The van der Waals surface area contributed by atoms with Gasteiger partial charge in [0, 0.05) is 35.2 Å². The van der Waals surface area contributed by atoms with Crippen LogP contribution in [0.3, 0.4) is 0 Å². The van der Waals surface area contributed by atoms with E-state index in [0.29, 0.717) is 34.7 Å². The zero-order valence-electron chi connectivity index (χ0n) is 20.8. The molecular weight excluding hydrogens is 448 g/mol. The Kier molecular flexibility index (Phi) is 6.91. The normalized spacial score (nSPS) is 15.0. The van der Waals surface area contributed by atoms with E-state index in [1.54, 1.807) is 26.4 Å². The van der Waals surface area contributed by atoms with Gasteiger partial charge >= 0.3 is 5.97 Å². The van der Waals surface area contributed by atoms with Crippen molar-refractivity contribution in [2.45, 2.75) is 51.0 Å². The Hall–Kier alpha value is -3.68. The Balaban J connectivity index is 1.73. The minimum atomic E-state index is -0.574. The van der Waals surface area contributed by atoms with Crippen molar-refractivity contribution in [1.82, 2.24) is 10.2 Å².